The molecule has 8 heteroatoms. The SMILES string of the molecule is CCOP(C)(=S)SCC(=O)NCC(=O)O. The maximum absolute atomic E-state index is 11.1. The lowest BCUT2D eigenvalue weighted by Gasteiger charge is -2.14. The summed E-state index contributed by atoms with van der Waals surface area (Å²) in [7, 11) is 0. The second kappa shape index (κ2) is 7.22. The molecule has 0 radical (unpaired) electrons. The van der Waals surface area contributed by atoms with Crippen molar-refractivity contribution in [3.63, 3.8) is 0 Å². The molecule has 0 fully saturated rings. The quantitative estimate of drug-likeness (QED) is 0.670. The number of hydrogen-bond donors (Lipinski definition) is 2. The van der Waals surface area contributed by atoms with Crippen LogP contribution in [0.25, 0.3) is 0 Å². The van der Waals surface area contributed by atoms with Gasteiger partial charge < -0.3 is 14.9 Å². The van der Waals surface area contributed by atoms with Gasteiger partial charge in [-0.1, -0.05) is 23.2 Å². The molecule has 0 aromatic carbocycles. The Bertz CT molecular complexity index is 284. The number of carboxylic acids is 1. The molecule has 0 saturated heterocycles. The molecule has 1 atom stereocenters. The van der Waals surface area contributed by atoms with Gasteiger partial charge in [0.25, 0.3) is 0 Å². The monoisotopic (exact) mass is 271 g/mol. The van der Waals surface area contributed by atoms with Crippen LogP contribution in [0.3, 0.4) is 0 Å². The van der Waals surface area contributed by atoms with Crippen LogP contribution in [0.15, 0.2) is 0 Å². The molecule has 1 amide bonds. The minimum atomic E-state index is -1.95. The van der Waals surface area contributed by atoms with E-state index in [4.69, 9.17) is 21.4 Å². The van der Waals surface area contributed by atoms with Gasteiger partial charge in [0.2, 0.25) is 5.91 Å². The first-order chi connectivity index (χ1) is 6.87. The molecular weight excluding hydrogens is 257 g/mol. The maximum Gasteiger partial charge on any atom is 0.322 e. The minimum Gasteiger partial charge on any atom is -0.480 e. The summed E-state index contributed by atoms with van der Waals surface area (Å²) in [6.45, 7) is 3.80. The number of hydrogen-bond acceptors (Lipinski definition) is 5. The number of carbonyl (C=O) groups is 2. The van der Waals surface area contributed by atoms with Crippen LogP contribution in [0.5, 0.6) is 0 Å². The number of carboxylic acid groups (broad SMARTS) is 1. The summed E-state index contributed by atoms with van der Waals surface area (Å²) >= 11 is 6.41. The molecule has 5 nitrogen and oxygen atoms in total. The molecule has 0 bridgehead atoms. The highest BCUT2D eigenvalue weighted by molar-refractivity contribution is 8.69. The third-order valence-corrected chi connectivity index (χ3v) is 6.19. The fourth-order valence-electron chi connectivity index (χ4n) is 0.673. The molecule has 15 heavy (non-hydrogen) atoms. The first kappa shape index (κ1) is 14.9. The van der Waals surface area contributed by atoms with Crippen molar-refractivity contribution in [3.05, 3.63) is 0 Å². The van der Waals surface area contributed by atoms with Crippen molar-refractivity contribution in [2.24, 2.45) is 0 Å². The molecule has 0 aliphatic heterocycles. The third-order valence-electron chi connectivity index (χ3n) is 1.23. The van der Waals surface area contributed by atoms with Gasteiger partial charge in [0.1, 0.15) is 12.0 Å². The molecule has 1 unspecified atom stereocenters. The lowest BCUT2D eigenvalue weighted by molar-refractivity contribution is -0.137. The Morgan fingerprint density at radius 1 is 1.60 bits per heavy atom. The summed E-state index contributed by atoms with van der Waals surface area (Å²) in [5.74, 6) is -1.26. The summed E-state index contributed by atoms with van der Waals surface area (Å²) in [4.78, 5) is 21.3. The zero-order valence-corrected chi connectivity index (χ0v) is 11.1. The first-order valence-corrected chi connectivity index (χ1v) is 8.98. The second-order valence-corrected chi connectivity index (χ2v) is 10.6. The van der Waals surface area contributed by atoms with Gasteiger partial charge in [-0.15, -0.1) is 0 Å². The van der Waals surface area contributed by atoms with Gasteiger partial charge >= 0.3 is 5.97 Å². The highest BCUT2D eigenvalue weighted by Crippen LogP contribution is 2.56. The van der Waals surface area contributed by atoms with E-state index in [0.717, 1.165) is 0 Å². The van der Waals surface area contributed by atoms with Crippen LogP contribution in [0.4, 0.5) is 0 Å². The molecule has 0 heterocycles. The summed E-state index contributed by atoms with van der Waals surface area (Å²) in [6, 6.07) is 0. The van der Waals surface area contributed by atoms with Crippen LogP contribution in [-0.2, 0) is 25.9 Å². The number of nitrogens with one attached hydrogen (secondary N) is 1. The van der Waals surface area contributed by atoms with Crippen molar-refractivity contribution in [3.8, 4) is 0 Å². The van der Waals surface area contributed by atoms with E-state index >= 15 is 0 Å². The Labute approximate surface area is 97.8 Å². The van der Waals surface area contributed by atoms with Crippen LogP contribution in [0, 0.1) is 0 Å². The highest BCUT2D eigenvalue weighted by Gasteiger charge is 2.13. The summed E-state index contributed by atoms with van der Waals surface area (Å²) in [5.41, 5.74) is -1.95. The van der Waals surface area contributed by atoms with Gasteiger partial charge in [-0.05, 0) is 13.6 Å². The van der Waals surface area contributed by atoms with E-state index < -0.39 is 11.4 Å². The smallest absolute Gasteiger partial charge is 0.322 e. The highest BCUT2D eigenvalue weighted by atomic mass is 32.9. The normalized spacial score (nSPS) is 14.3. The molecule has 88 valence electrons. The third kappa shape index (κ3) is 8.87. The van der Waals surface area contributed by atoms with Crippen molar-refractivity contribution in [1.82, 2.24) is 5.32 Å². The Balaban J connectivity index is 3.80. The average molecular weight is 271 g/mol. The van der Waals surface area contributed by atoms with Crippen molar-refractivity contribution in [2.75, 3.05) is 25.6 Å². The van der Waals surface area contributed by atoms with E-state index in [0.29, 0.717) is 6.61 Å². The predicted molar refractivity (Wildman–Crippen MR) is 64.9 cm³/mol. The Hall–Kier alpha value is -0.100. The van der Waals surface area contributed by atoms with Crippen LogP contribution < -0.4 is 5.32 Å². The Kier molecular flexibility index (Phi) is 7.17. The van der Waals surface area contributed by atoms with E-state index in [9.17, 15) is 9.59 Å². The van der Waals surface area contributed by atoms with Crippen LogP contribution >= 0.6 is 16.8 Å². The van der Waals surface area contributed by atoms with Crippen LogP contribution in [-0.4, -0.2) is 42.6 Å². The summed E-state index contributed by atoms with van der Waals surface area (Å²) < 4.78 is 5.30. The minimum absolute atomic E-state index is 0.140. The zero-order chi connectivity index (χ0) is 11.9. The summed E-state index contributed by atoms with van der Waals surface area (Å²) in [6.07, 6.45) is 0. The molecule has 0 spiro atoms. The predicted octanol–water partition coefficient (Wildman–Crippen LogP) is 0.896. The van der Waals surface area contributed by atoms with E-state index in [1.807, 2.05) is 6.92 Å². The van der Waals surface area contributed by atoms with Gasteiger partial charge in [0.15, 0.2) is 0 Å². The topological polar surface area (TPSA) is 75.6 Å². The van der Waals surface area contributed by atoms with Gasteiger partial charge in [0, 0.05) is 6.61 Å². The van der Waals surface area contributed by atoms with E-state index in [1.54, 1.807) is 6.66 Å². The van der Waals surface area contributed by atoms with E-state index in [-0.39, 0.29) is 18.2 Å². The molecule has 2 N–H and O–H groups in total. The first-order valence-electron chi connectivity index (χ1n) is 4.22. The largest absolute Gasteiger partial charge is 0.480 e. The average Bonchev–Trinajstić information content (AvgIpc) is 2.11. The molecule has 0 aliphatic carbocycles. The van der Waals surface area contributed by atoms with E-state index in [2.05, 4.69) is 5.32 Å². The van der Waals surface area contributed by atoms with Gasteiger partial charge in [-0.3, -0.25) is 9.59 Å². The fraction of sp³-hybridized carbons (Fsp3) is 0.714. The van der Waals surface area contributed by atoms with Gasteiger partial charge in [-0.25, -0.2) is 0 Å². The number of amides is 1. The van der Waals surface area contributed by atoms with Gasteiger partial charge in [0.05, 0.1) is 5.75 Å². The molecular formula is C7H14NO4PS2. The van der Waals surface area contributed by atoms with E-state index in [1.165, 1.54) is 11.4 Å². The number of aliphatic carboxylic acids is 1. The molecule has 0 aliphatic rings. The van der Waals surface area contributed by atoms with Crippen molar-refractivity contribution >= 4 is 40.5 Å². The lowest BCUT2D eigenvalue weighted by atomic mass is 10.6. The lowest BCUT2D eigenvalue weighted by Crippen LogP contribution is -2.30. The fourth-order valence-corrected chi connectivity index (χ4v) is 4.06. The Morgan fingerprint density at radius 3 is 2.67 bits per heavy atom. The van der Waals surface area contributed by atoms with Crippen molar-refractivity contribution in [2.45, 2.75) is 6.92 Å². The molecule has 0 aromatic rings. The van der Waals surface area contributed by atoms with Crippen molar-refractivity contribution < 1.29 is 19.2 Å². The van der Waals surface area contributed by atoms with Gasteiger partial charge in [-0.2, -0.15) is 0 Å². The van der Waals surface area contributed by atoms with Crippen LogP contribution in [0.1, 0.15) is 6.92 Å². The Morgan fingerprint density at radius 2 is 2.20 bits per heavy atom. The van der Waals surface area contributed by atoms with Crippen LogP contribution in [0.2, 0.25) is 0 Å². The maximum atomic E-state index is 11.1. The zero-order valence-electron chi connectivity index (χ0n) is 8.56. The summed E-state index contributed by atoms with van der Waals surface area (Å²) in [5, 5.41) is 10.6. The van der Waals surface area contributed by atoms with Crippen molar-refractivity contribution in [1.29, 1.82) is 0 Å². The molecule has 0 saturated carbocycles. The molecule has 0 aromatic heterocycles. The number of rotatable bonds is 7. The molecule has 0 rings (SSSR count). The second-order valence-electron chi connectivity index (χ2n) is 2.63. The number of carbonyl (C=O) groups excluding carboxylic acids is 1. The standard InChI is InChI=1S/C7H14NO4PS2/c1-3-12-13(2,14)15-5-6(9)8-4-7(10)11/h3-5H2,1-2H3,(H,8,9)(H,10,11).